The molecule has 0 unspecified atom stereocenters. The Balaban J connectivity index is 3.12. The summed E-state index contributed by atoms with van der Waals surface area (Å²) >= 11 is 0. The van der Waals surface area contributed by atoms with Gasteiger partial charge in [-0.1, -0.05) is 27.2 Å². The highest BCUT2D eigenvalue weighted by Crippen LogP contribution is 2.23. The number of aromatic nitrogens is 2. The molecule has 15 heavy (non-hydrogen) atoms. The van der Waals surface area contributed by atoms with Crippen LogP contribution in [0.2, 0.25) is 0 Å². The number of nitrogens with zero attached hydrogens (tertiary/aromatic N) is 1. The summed E-state index contributed by atoms with van der Waals surface area (Å²) in [6.07, 6.45) is 2.10. The van der Waals surface area contributed by atoms with Crippen molar-refractivity contribution in [3.8, 4) is 0 Å². The lowest BCUT2D eigenvalue weighted by molar-refractivity contribution is 0.529. The minimum absolute atomic E-state index is 0.329. The molecule has 0 aliphatic carbocycles. The Bertz CT molecular complexity index is 318. The number of nitrogens with one attached hydrogen (secondary N) is 1. The number of hydrogen-bond donors (Lipinski definition) is 2. The average molecular weight is 209 g/mol. The van der Waals surface area contributed by atoms with Gasteiger partial charge in [-0.15, -0.1) is 0 Å². The number of H-pyrrole nitrogens is 1. The van der Waals surface area contributed by atoms with Crippen LogP contribution in [-0.2, 0) is 12.0 Å². The lowest BCUT2D eigenvalue weighted by atomic mass is 9.99. The fourth-order valence-corrected chi connectivity index (χ4v) is 1.65. The Morgan fingerprint density at radius 1 is 1.40 bits per heavy atom. The van der Waals surface area contributed by atoms with Gasteiger partial charge in [-0.2, -0.15) is 0 Å². The fraction of sp³-hybridized carbons (Fsp3) is 0.750. The first-order valence-corrected chi connectivity index (χ1v) is 5.74. The molecule has 1 heterocycles. The van der Waals surface area contributed by atoms with Crippen LogP contribution in [0.3, 0.4) is 0 Å². The highest BCUT2D eigenvalue weighted by atomic mass is 15.0. The standard InChI is InChI=1S/C12H23N3/c1-6-7-9-10(12(4,5)13)15-11(14-9)8(2)3/h8H,6-7,13H2,1-5H3,(H,14,15). The molecule has 0 aromatic carbocycles. The van der Waals surface area contributed by atoms with Crippen LogP contribution in [0.25, 0.3) is 0 Å². The van der Waals surface area contributed by atoms with E-state index >= 15 is 0 Å². The van der Waals surface area contributed by atoms with Gasteiger partial charge in [0.2, 0.25) is 0 Å². The molecule has 86 valence electrons. The molecule has 0 aliphatic heterocycles. The van der Waals surface area contributed by atoms with Crippen LogP contribution in [0.15, 0.2) is 0 Å². The molecule has 0 bridgehead atoms. The summed E-state index contributed by atoms with van der Waals surface area (Å²) in [5.41, 5.74) is 8.03. The van der Waals surface area contributed by atoms with E-state index < -0.39 is 0 Å². The van der Waals surface area contributed by atoms with Crippen LogP contribution < -0.4 is 5.73 Å². The maximum absolute atomic E-state index is 6.13. The average Bonchev–Trinajstić information content (AvgIpc) is 2.48. The van der Waals surface area contributed by atoms with Crippen LogP contribution in [-0.4, -0.2) is 9.97 Å². The maximum atomic E-state index is 6.13. The van der Waals surface area contributed by atoms with Crippen molar-refractivity contribution in [2.24, 2.45) is 5.73 Å². The minimum Gasteiger partial charge on any atom is -0.344 e. The molecule has 0 fully saturated rings. The zero-order valence-electron chi connectivity index (χ0n) is 10.5. The van der Waals surface area contributed by atoms with E-state index in [0.717, 1.165) is 30.1 Å². The fourth-order valence-electron chi connectivity index (χ4n) is 1.65. The lowest BCUT2D eigenvalue weighted by Gasteiger charge is -2.18. The molecule has 1 aromatic heterocycles. The number of aryl methyl sites for hydroxylation is 1. The number of hydrogen-bond acceptors (Lipinski definition) is 2. The second-order valence-corrected chi connectivity index (χ2v) is 5.07. The number of imidazole rings is 1. The largest absolute Gasteiger partial charge is 0.344 e. The SMILES string of the molecule is CCCc1nc(C(C)C)[nH]c1C(C)(C)N. The van der Waals surface area contributed by atoms with E-state index in [0.29, 0.717) is 5.92 Å². The predicted octanol–water partition coefficient (Wildman–Crippen LogP) is 2.68. The third kappa shape index (κ3) is 2.81. The van der Waals surface area contributed by atoms with Crippen molar-refractivity contribution in [2.45, 2.75) is 58.9 Å². The van der Waals surface area contributed by atoms with Gasteiger partial charge in [0.05, 0.1) is 16.9 Å². The van der Waals surface area contributed by atoms with Crippen molar-refractivity contribution in [2.75, 3.05) is 0 Å². The summed E-state index contributed by atoms with van der Waals surface area (Å²) in [7, 11) is 0. The summed E-state index contributed by atoms with van der Waals surface area (Å²) in [6.45, 7) is 10.5. The van der Waals surface area contributed by atoms with Gasteiger partial charge in [-0.25, -0.2) is 4.98 Å². The third-order valence-corrected chi connectivity index (χ3v) is 2.48. The normalized spacial score (nSPS) is 12.5. The first-order chi connectivity index (χ1) is 6.86. The Morgan fingerprint density at radius 2 is 2.00 bits per heavy atom. The number of rotatable bonds is 4. The van der Waals surface area contributed by atoms with Crippen LogP contribution in [0, 0.1) is 0 Å². The lowest BCUT2D eigenvalue weighted by Crippen LogP contribution is -2.30. The first kappa shape index (κ1) is 12.2. The summed E-state index contributed by atoms with van der Waals surface area (Å²) < 4.78 is 0. The van der Waals surface area contributed by atoms with Gasteiger partial charge in [0.15, 0.2) is 0 Å². The molecular formula is C12H23N3. The number of nitrogens with two attached hydrogens (primary N) is 1. The van der Waals surface area contributed by atoms with Crippen LogP contribution in [0.4, 0.5) is 0 Å². The highest BCUT2D eigenvalue weighted by Gasteiger charge is 2.22. The van der Waals surface area contributed by atoms with Crippen molar-refractivity contribution in [3.05, 3.63) is 17.2 Å². The Morgan fingerprint density at radius 3 is 2.40 bits per heavy atom. The van der Waals surface area contributed by atoms with Crippen molar-refractivity contribution in [1.82, 2.24) is 9.97 Å². The zero-order chi connectivity index (χ0) is 11.6. The molecule has 0 radical (unpaired) electrons. The smallest absolute Gasteiger partial charge is 0.109 e. The third-order valence-electron chi connectivity index (χ3n) is 2.48. The second-order valence-electron chi connectivity index (χ2n) is 5.07. The van der Waals surface area contributed by atoms with E-state index in [1.54, 1.807) is 0 Å². The second kappa shape index (κ2) is 4.35. The topological polar surface area (TPSA) is 54.7 Å². The molecule has 0 amide bonds. The van der Waals surface area contributed by atoms with Crippen molar-refractivity contribution < 1.29 is 0 Å². The van der Waals surface area contributed by atoms with Gasteiger partial charge in [-0.3, -0.25) is 0 Å². The predicted molar refractivity (Wildman–Crippen MR) is 63.9 cm³/mol. The Hall–Kier alpha value is -0.830. The van der Waals surface area contributed by atoms with E-state index in [4.69, 9.17) is 5.73 Å². The molecule has 0 saturated carbocycles. The monoisotopic (exact) mass is 209 g/mol. The highest BCUT2D eigenvalue weighted by molar-refractivity contribution is 5.23. The van der Waals surface area contributed by atoms with Gasteiger partial charge >= 0.3 is 0 Å². The van der Waals surface area contributed by atoms with Gasteiger partial charge in [0.1, 0.15) is 5.82 Å². The van der Waals surface area contributed by atoms with E-state index in [9.17, 15) is 0 Å². The van der Waals surface area contributed by atoms with Crippen molar-refractivity contribution in [1.29, 1.82) is 0 Å². The molecule has 0 spiro atoms. The van der Waals surface area contributed by atoms with Gasteiger partial charge in [0, 0.05) is 5.92 Å². The first-order valence-electron chi connectivity index (χ1n) is 5.74. The van der Waals surface area contributed by atoms with E-state index in [-0.39, 0.29) is 5.54 Å². The molecule has 1 rings (SSSR count). The van der Waals surface area contributed by atoms with Gasteiger partial charge < -0.3 is 10.7 Å². The van der Waals surface area contributed by atoms with Crippen LogP contribution >= 0.6 is 0 Å². The molecule has 0 aliphatic rings. The Labute approximate surface area is 92.5 Å². The molecular weight excluding hydrogens is 186 g/mol. The van der Waals surface area contributed by atoms with Crippen LogP contribution in [0.5, 0.6) is 0 Å². The Kier molecular flexibility index (Phi) is 3.55. The van der Waals surface area contributed by atoms with E-state index in [1.807, 2.05) is 13.8 Å². The van der Waals surface area contributed by atoms with Crippen molar-refractivity contribution in [3.63, 3.8) is 0 Å². The summed E-state index contributed by atoms with van der Waals surface area (Å²) in [4.78, 5) is 8.00. The van der Waals surface area contributed by atoms with E-state index in [1.165, 1.54) is 0 Å². The van der Waals surface area contributed by atoms with Gasteiger partial charge in [-0.05, 0) is 20.3 Å². The number of aromatic amines is 1. The maximum Gasteiger partial charge on any atom is 0.109 e. The molecule has 0 atom stereocenters. The molecule has 1 aromatic rings. The van der Waals surface area contributed by atoms with Crippen LogP contribution in [0.1, 0.15) is 64.2 Å². The summed E-state index contributed by atoms with van der Waals surface area (Å²) in [6, 6.07) is 0. The molecule has 0 saturated heterocycles. The summed E-state index contributed by atoms with van der Waals surface area (Å²) in [5, 5.41) is 0. The zero-order valence-corrected chi connectivity index (χ0v) is 10.5. The minimum atomic E-state index is -0.329. The van der Waals surface area contributed by atoms with Crippen molar-refractivity contribution >= 4 is 0 Å². The van der Waals surface area contributed by atoms with E-state index in [2.05, 4.69) is 30.7 Å². The summed E-state index contributed by atoms with van der Waals surface area (Å²) in [5.74, 6) is 1.48. The molecule has 3 N–H and O–H groups in total. The van der Waals surface area contributed by atoms with Gasteiger partial charge in [0.25, 0.3) is 0 Å². The quantitative estimate of drug-likeness (QED) is 0.801. The molecule has 3 nitrogen and oxygen atoms in total. The molecule has 3 heteroatoms.